The molecule has 0 bridgehead atoms. The van der Waals surface area contributed by atoms with Crippen molar-refractivity contribution in [3.05, 3.63) is 35.9 Å². The molecule has 1 rings (SSSR count). The Bertz CT molecular complexity index is 265. The molecule has 0 amide bonds. The van der Waals surface area contributed by atoms with Gasteiger partial charge in [-0.25, -0.2) is 0 Å². The van der Waals surface area contributed by atoms with Crippen LogP contribution in [-0.2, 0) is 0 Å². The Morgan fingerprint density at radius 1 is 1.14 bits per heavy atom. The largest absolute Gasteiger partial charge is 0.396 e. The van der Waals surface area contributed by atoms with E-state index in [9.17, 15) is 10.2 Å². The Hall–Kier alpha value is -0.860. The number of rotatable bonds is 4. The minimum Gasteiger partial charge on any atom is -0.396 e. The maximum atomic E-state index is 9.26. The van der Waals surface area contributed by atoms with Crippen LogP contribution in [0.25, 0.3) is 0 Å². The van der Waals surface area contributed by atoms with E-state index in [1.54, 1.807) is 0 Å². The fourth-order valence-electron chi connectivity index (χ4n) is 1.47. The van der Waals surface area contributed by atoms with Crippen molar-refractivity contribution in [1.82, 2.24) is 0 Å². The molecule has 0 aliphatic heterocycles. The molecule has 0 aliphatic rings. The Balaban J connectivity index is 2.89. The Morgan fingerprint density at radius 3 is 2.07 bits per heavy atom. The second-order valence-electron chi connectivity index (χ2n) is 4.10. The molecule has 0 saturated heterocycles. The van der Waals surface area contributed by atoms with Crippen LogP contribution in [0.3, 0.4) is 0 Å². The molecule has 2 heteroatoms. The maximum absolute atomic E-state index is 9.26. The van der Waals surface area contributed by atoms with Gasteiger partial charge in [-0.2, -0.15) is 0 Å². The molecule has 0 radical (unpaired) electrons. The van der Waals surface area contributed by atoms with Gasteiger partial charge in [-0.15, -0.1) is 0 Å². The number of aliphatic hydroxyl groups excluding tert-OH is 2. The minimum atomic E-state index is -0.443. The van der Waals surface area contributed by atoms with Crippen molar-refractivity contribution in [2.75, 3.05) is 13.2 Å². The van der Waals surface area contributed by atoms with Crippen molar-refractivity contribution < 1.29 is 10.2 Å². The van der Waals surface area contributed by atoms with Crippen LogP contribution in [-0.4, -0.2) is 23.4 Å². The van der Waals surface area contributed by atoms with Crippen molar-refractivity contribution in [3.63, 3.8) is 0 Å². The van der Waals surface area contributed by atoms with E-state index >= 15 is 0 Å². The van der Waals surface area contributed by atoms with Crippen molar-refractivity contribution in [2.24, 2.45) is 5.41 Å². The second-order valence-corrected chi connectivity index (χ2v) is 4.10. The molecule has 2 nitrogen and oxygen atoms in total. The average molecular weight is 194 g/mol. The summed E-state index contributed by atoms with van der Waals surface area (Å²) < 4.78 is 0. The van der Waals surface area contributed by atoms with E-state index in [0.717, 1.165) is 5.56 Å². The highest BCUT2D eigenvalue weighted by Crippen LogP contribution is 2.34. The zero-order valence-corrected chi connectivity index (χ0v) is 8.77. The van der Waals surface area contributed by atoms with Crippen LogP contribution in [0.15, 0.2) is 30.3 Å². The molecule has 0 heterocycles. The lowest BCUT2D eigenvalue weighted by atomic mass is 9.76. The van der Waals surface area contributed by atoms with Gasteiger partial charge < -0.3 is 10.2 Å². The van der Waals surface area contributed by atoms with Crippen molar-refractivity contribution in [1.29, 1.82) is 0 Å². The third kappa shape index (κ3) is 2.14. The number of hydrogen-bond donors (Lipinski definition) is 2. The van der Waals surface area contributed by atoms with Gasteiger partial charge in [-0.3, -0.25) is 0 Å². The second kappa shape index (κ2) is 4.58. The minimum absolute atomic E-state index is 0.000436. The summed E-state index contributed by atoms with van der Waals surface area (Å²) in [4.78, 5) is 0. The predicted octanol–water partition coefficient (Wildman–Crippen LogP) is 1.78. The normalized spacial score (nSPS) is 14.0. The van der Waals surface area contributed by atoms with Gasteiger partial charge in [0.25, 0.3) is 0 Å². The molecule has 0 saturated carbocycles. The van der Waals surface area contributed by atoms with E-state index in [1.165, 1.54) is 0 Å². The molecule has 1 aromatic rings. The molecule has 1 atom stereocenters. The van der Waals surface area contributed by atoms with E-state index in [2.05, 4.69) is 0 Å². The highest BCUT2D eigenvalue weighted by atomic mass is 16.3. The summed E-state index contributed by atoms with van der Waals surface area (Å²) in [6.45, 7) is 3.92. The summed E-state index contributed by atoms with van der Waals surface area (Å²) >= 11 is 0. The van der Waals surface area contributed by atoms with Gasteiger partial charge in [0, 0.05) is 5.41 Å². The highest BCUT2D eigenvalue weighted by Gasteiger charge is 2.30. The van der Waals surface area contributed by atoms with Crippen molar-refractivity contribution in [2.45, 2.75) is 19.8 Å². The van der Waals surface area contributed by atoms with Gasteiger partial charge in [-0.1, -0.05) is 44.2 Å². The molecule has 14 heavy (non-hydrogen) atoms. The first-order valence-electron chi connectivity index (χ1n) is 4.90. The zero-order chi connectivity index (χ0) is 10.6. The molecule has 1 unspecified atom stereocenters. The lowest BCUT2D eigenvalue weighted by molar-refractivity contribution is 0.0510. The summed E-state index contributed by atoms with van der Waals surface area (Å²) in [5.74, 6) is 0.152. The van der Waals surface area contributed by atoms with Gasteiger partial charge >= 0.3 is 0 Å². The first kappa shape index (κ1) is 11.2. The van der Waals surface area contributed by atoms with E-state index < -0.39 is 5.41 Å². The summed E-state index contributed by atoms with van der Waals surface area (Å²) in [7, 11) is 0. The summed E-state index contributed by atoms with van der Waals surface area (Å²) in [5.41, 5.74) is 0.708. The fraction of sp³-hybridized carbons (Fsp3) is 0.500. The van der Waals surface area contributed by atoms with Crippen LogP contribution in [0.1, 0.15) is 25.3 Å². The molecule has 1 aromatic carbocycles. The Labute approximate surface area is 85.2 Å². The van der Waals surface area contributed by atoms with E-state index in [-0.39, 0.29) is 19.1 Å². The van der Waals surface area contributed by atoms with E-state index in [4.69, 9.17) is 0 Å². The van der Waals surface area contributed by atoms with Crippen LogP contribution < -0.4 is 0 Å². The summed E-state index contributed by atoms with van der Waals surface area (Å²) in [6.07, 6.45) is 0. The summed E-state index contributed by atoms with van der Waals surface area (Å²) in [6, 6.07) is 9.95. The topological polar surface area (TPSA) is 40.5 Å². The first-order valence-corrected chi connectivity index (χ1v) is 4.90. The van der Waals surface area contributed by atoms with Gasteiger partial charge in [0.05, 0.1) is 13.2 Å². The van der Waals surface area contributed by atoms with Crippen molar-refractivity contribution in [3.8, 4) is 0 Å². The van der Waals surface area contributed by atoms with Crippen LogP contribution in [0.5, 0.6) is 0 Å². The van der Waals surface area contributed by atoms with Crippen LogP contribution in [0.2, 0.25) is 0 Å². The average Bonchev–Trinajstić information content (AvgIpc) is 2.28. The monoisotopic (exact) mass is 194 g/mol. The molecule has 0 spiro atoms. The van der Waals surface area contributed by atoms with Gasteiger partial charge in [-0.05, 0) is 11.5 Å². The smallest absolute Gasteiger partial charge is 0.0512 e. The van der Waals surface area contributed by atoms with Crippen molar-refractivity contribution >= 4 is 0 Å². The van der Waals surface area contributed by atoms with Gasteiger partial charge in [0.2, 0.25) is 0 Å². The SMILES string of the molecule is CC(c1ccccc1)C(C)(CO)CO. The van der Waals surface area contributed by atoms with Gasteiger partial charge in [0.1, 0.15) is 0 Å². The first-order chi connectivity index (χ1) is 6.64. The molecule has 2 N–H and O–H groups in total. The zero-order valence-electron chi connectivity index (χ0n) is 8.77. The highest BCUT2D eigenvalue weighted by molar-refractivity contribution is 5.21. The fourth-order valence-corrected chi connectivity index (χ4v) is 1.47. The van der Waals surface area contributed by atoms with Crippen LogP contribution >= 0.6 is 0 Å². The quantitative estimate of drug-likeness (QED) is 0.767. The van der Waals surface area contributed by atoms with Gasteiger partial charge in [0.15, 0.2) is 0 Å². The molecule has 0 fully saturated rings. The lowest BCUT2D eigenvalue weighted by Gasteiger charge is -2.32. The lowest BCUT2D eigenvalue weighted by Crippen LogP contribution is -2.31. The van der Waals surface area contributed by atoms with Crippen LogP contribution in [0, 0.1) is 5.41 Å². The standard InChI is InChI=1S/C12H18O2/c1-10(12(2,8-13)9-14)11-6-4-3-5-7-11/h3-7,10,13-14H,8-9H2,1-2H3. The Kier molecular flexibility index (Phi) is 3.67. The Morgan fingerprint density at radius 2 is 1.64 bits per heavy atom. The maximum Gasteiger partial charge on any atom is 0.0512 e. The molecule has 0 aromatic heterocycles. The third-order valence-electron chi connectivity index (χ3n) is 3.07. The predicted molar refractivity (Wildman–Crippen MR) is 57.1 cm³/mol. The molecule has 78 valence electrons. The van der Waals surface area contributed by atoms with E-state index in [0.29, 0.717) is 0 Å². The molecular weight excluding hydrogens is 176 g/mol. The molecule has 0 aliphatic carbocycles. The number of hydrogen-bond acceptors (Lipinski definition) is 2. The van der Waals surface area contributed by atoms with Crippen LogP contribution in [0.4, 0.5) is 0 Å². The summed E-state index contributed by atoms with van der Waals surface area (Å²) in [5, 5.41) is 18.5. The number of aliphatic hydroxyl groups is 2. The number of benzene rings is 1. The molecular formula is C12H18O2. The van der Waals surface area contributed by atoms with E-state index in [1.807, 2.05) is 44.2 Å². The third-order valence-corrected chi connectivity index (χ3v) is 3.07.